The molecule has 0 atom stereocenters. The Kier molecular flexibility index (Phi) is 7.64. The fourth-order valence-corrected chi connectivity index (χ4v) is 9.06. The number of furan rings is 1. The lowest BCUT2D eigenvalue weighted by Crippen LogP contribution is -2.00. The Labute approximate surface area is 327 Å². The molecule has 0 bridgehead atoms. The Hall–Kier alpha value is -7.21. The molecule has 0 saturated heterocycles. The van der Waals surface area contributed by atoms with E-state index in [1.165, 1.54) is 36.9 Å². The van der Waals surface area contributed by atoms with Gasteiger partial charge >= 0.3 is 0 Å². The number of nitrogens with zero attached hydrogens (tertiary/aromatic N) is 3. The first-order valence-corrected chi connectivity index (χ1v) is 19.5. The molecule has 56 heavy (non-hydrogen) atoms. The number of hydrogen-bond acceptors (Lipinski definition) is 5. The lowest BCUT2D eigenvalue weighted by molar-refractivity contribution is 0.670. The van der Waals surface area contributed by atoms with Crippen molar-refractivity contribution in [2.75, 3.05) is 0 Å². The smallest absolute Gasteiger partial charge is 0.164 e. The van der Waals surface area contributed by atoms with Crippen LogP contribution >= 0.6 is 11.3 Å². The van der Waals surface area contributed by atoms with Gasteiger partial charge in [0, 0.05) is 53.2 Å². The topological polar surface area (TPSA) is 51.8 Å². The van der Waals surface area contributed by atoms with Gasteiger partial charge in [0.25, 0.3) is 0 Å². The largest absolute Gasteiger partial charge is 0.455 e. The molecule has 0 fully saturated rings. The summed E-state index contributed by atoms with van der Waals surface area (Å²) in [4.78, 5) is 15.3. The maximum atomic E-state index is 6.83. The minimum atomic E-state index is 0.597. The van der Waals surface area contributed by atoms with Crippen LogP contribution in [0.4, 0.5) is 0 Å². The van der Waals surface area contributed by atoms with Crippen LogP contribution in [-0.4, -0.2) is 15.0 Å². The number of thiophene rings is 1. The predicted octanol–water partition coefficient (Wildman–Crippen LogP) is 14.1. The summed E-state index contributed by atoms with van der Waals surface area (Å²) in [5, 5.41) is 4.49. The van der Waals surface area contributed by atoms with Crippen LogP contribution in [0.2, 0.25) is 0 Å². The Morgan fingerprint density at radius 2 is 0.875 bits per heavy atom. The van der Waals surface area contributed by atoms with Crippen LogP contribution in [0.25, 0.3) is 110 Å². The maximum absolute atomic E-state index is 6.83. The van der Waals surface area contributed by atoms with Crippen LogP contribution in [-0.2, 0) is 0 Å². The van der Waals surface area contributed by atoms with Gasteiger partial charge in [-0.15, -0.1) is 11.3 Å². The van der Waals surface area contributed by atoms with Gasteiger partial charge in [-0.3, -0.25) is 0 Å². The highest BCUT2D eigenvalue weighted by molar-refractivity contribution is 7.26. The standard InChI is InChI=1S/C51H31N3OS/c1-4-13-32(14-5-1)34-25-27-36(28-26-34)50-52-49(35-17-8-3-9-18-35)53-51(54-50)42-22-11-23-43-46(42)41-21-10-20-39(48(41)55-43)38-19-12-24-44-47(38)40-30-29-37(31-45(40)56-44)33-15-6-2-7-16-33/h1-31H. The average molecular weight is 734 g/mol. The number of benzene rings is 8. The summed E-state index contributed by atoms with van der Waals surface area (Å²) in [7, 11) is 0. The van der Waals surface area contributed by atoms with E-state index in [1.807, 2.05) is 59.9 Å². The van der Waals surface area contributed by atoms with E-state index in [0.717, 1.165) is 55.3 Å². The molecule has 11 rings (SSSR count). The van der Waals surface area contributed by atoms with E-state index in [4.69, 9.17) is 19.4 Å². The molecule has 0 unspecified atom stereocenters. The van der Waals surface area contributed by atoms with Gasteiger partial charge in [-0.05, 0) is 46.0 Å². The molecule has 0 radical (unpaired) electrons. The lowest BCUT2D eigenvalue weighted by Gasteiger charge is -2.10. The molecule has 3 aromatic heterocycles. The molecule has 0 aliphatic heterocycles. The highest BCUT2D eigenvalue weighted by atomic mass is 32.1. The second-order valence-electron chi connectivity index (χ2n) is 13.9. The van der Waals surface area contributed by atoms with Gasteiger partial charge < -0.3 is 4.42 Å². The zero-order valence-electron chi connectivity index (χ0n) is 30.1. The van der Waals surface area contributed by atoms with E-state index in [0.29, 0.717) is 17.5 Å². The molecule has 0 N–H and O–H groups in total. The first kappa shape index (κ1) is 32.2. The maximum Gasteiger partial charge on any atom is 0.164 e. The third kappa shape index (κ3) is 5.48. The van der Waals surface area contributed by atoms with Crippen molar-refractivity contribution >= 4 is 53.4 Å². The molecule has 0 aliphatic carbocycles. The summed E-state index contributed by atoms with van der Waals surface area (Å²) in [5.41, 5.74) is 11.3. The molecule has 0 spiro atoms. The summed E-state index contributed by atoms with van der Waals surface area (Å²) in [5.74, 6) is 1.83. The summed E-state index contributed by atoms with van der Waals surface area (Å²) >= 11 is 1.83. The van der Waals surface area contributed by atoms with Crippen molar-refractivity contribution in [3.63, 3.8) is 0 Å². The Bertz CT molecular complexity index is 3230. The number of fused-ring (bicyclic) bond motifs is 6. The predicted molar refractivity (Wildman–Crippen MR) is 233 cm³/mol. The highest BCUT2D eigenvalue weighted by Crippen LogP contribution is 2.45. The van der Waals surface area contributed by atoms with Crippen molar-refractivity contribution in [3.05, 3.63) is 188 Å². The first-order valence-electron chi connectivity index (χ1n) is 18.7. The van der Waals surface area contributed by atoms with Gasteiger partial charge in [0.1, 0.15) is 11.2 Å². The molecule has 262 valence electrons. The van der Waals surface area contributed by atoms with E-state index in [2.05, 4.69) is 140 Å². The molecule has 8 aromatic carbocycles. The third-order valence-corrected chi connectivity index (χ3v) is 11.7. The van der Waals surface area contributed by atoms with Crippen molar-refractivity contribution < 1.29 is 4.42 Å². The van der Waals surface area contributed by atoms with Gasteiger partial charge in [0.15, 0.2) is 17.5 Å². The number of rotatable bonds is 6. The fraction of sp³-hybridized carbons (Fsp3) is 0. The summed E-state index contributed by atoms with van der Waals surface area (Å²) in [6, 6.07) is 65.5. The molecule has 0 amide bonds. The van der Waals surface area contributed by atoms with Crippen LogP contribution in [0, 0.1) is 0 Å². The molecule has 5 heteroatoms. The second-order valence-corrected chi connectivity index (χ2v) is 15.0. The van der Waals surface area contributed by atoms with E-state index >= 15 is 0 Å². The van der Waals surface area contributed by atoms with Crippen LogP contribution in [0.15, 0.2) is 192 Å². The Balaban J connectivity index is 1.08. The quantitative estimate of drug-likeness (QED) is 0.171. The molecular formula is C51H31N3OS. The summed E-state index contributed by atoms with van der Waals surface area (Å²) in [6.07, 6.45) is 0. The van der Waals surface area contributed by atoms with Crippen LogP contribution in [0.3, 0.4) is 0 Å². The van der Waals surface area contributed by atoms with Crippen molar-refractivity contribution in [2.45, 2.75) is 0 Å². The second kappa shape index (κ2) is 13.3. The van der Waals surface area contributed by atoms with E-state index in [9.17, 15) is 0 Å². The Morgan fingerprint density at radius 1 is 0.339 bits per heavy atom. The minimum Gasteiger partial charge on any atom is -0.455 e. The van der Waals surface area contributed by atoms with Crippen molar-refractivity contribution in [2.24, 2.45) is 0 Å². The summed E-state index contributed by atoms with van der Waals surface area (Å²) < 4.78 is 9.35. The zero-order chi connectivity index (χ0) is 37.0. The number of hydrogen-bond donors (Lipinski definition) is 0. The minimum absolute atomic E-state index is 0.597. The average Bonchev–Trinajstić information content (AvgIpc) is 3.86. The fourth-order valence-electron chi connectivity index (χ4n) is 7.89. The SMILES string of the molecule is c1ccc(-c2ccc(-c3nc(-c4ccccc4)nc(-c4cccc5oc6c(-c7cccc8sc9cc(-c%10ccccc%10)ccc9c78)cccc6c45)n3)cc2)cc1. The van der Waals surface area contributed by atoms with Crippen LogP contribution in [0.1, 0.15) is 0 Å². The van der Waals surface area contributed by atoms with Crippen molar-refractivity contribution in [3.8, 4) is 67.5 Å². The molecule has 3 heterocycles. The molecule has 11 aromatic rings. The molecule has 0 aliphatic rings. The highest BCUT2D eigenvalue weighted by Gasteiger charge is 2.21. The van der Waals surface area contributed by atoms with Crippen LogP contribution < -0.4 is 0 Å². The van der Waals surface area contributed by atoms with Gasteiger partial charge in [-0.1, -0.05) is 170 Å². The van der Waals surface area contributed by atoms with Crippen molar-refractivity contribution in [1.82, 2.24) is 15.0 Å². The van der Waals surface area contributed by atoms with E-state index < -0.39 is 0 Å². The molecule has 0 saturated carbocycles. The van der Waals surface area contributed by atoms with Gasteiger partial charge in [-0.2, -0.15) is 0 Å². The number of para-hydroxylation sites is 1. The molecule has 4 nitrogen and oxygen atoms in total. The normalized spacial score (nSPS) is 11.6. The van der Waals surface area contributed by atoms with Gasteiger partial charge in [-0.25, -0.2) is 15.0 Å². The first-order chi connectivity index (χ1) is 27.7. The van der Waals surface area contributed by atoms with Crippen molar-refractivity contribution in [1.29, 1.82) is 0 Å². The van der Waals surface area contributed by atoms with Crippen LogP contribution in [0.5, 0.6) is 0 Å². The number of aromatic nitrogens is 3. The summed E-state index contributed by atoms with van der Waals surface area (Å²) in [6.45, 7) is 0. The Morgan fingerprint density at radius 3 is 1.61 bits per heavy atom. The zero-order valence-corrected chi connectivity index (χ0v) is 30.9. The lowest BCUT2D eigenvalue weighted by atomic mass is 9.96. The van der Waals surface area contributed by atoms with E-state index in [-0.39, 0.29) is 0 Å². The monoisotopic (exact) mass is 733 g/mol. The van der Waals surface area contributed by atoms with Gasteiger partial charge in [0.2, 0.25) is 0 Å². The molecular weight excluding hydrogens is 703 g/mol. The van der Waals surface area contributed by atoms with Gasteiger partial charge in [0.05, 0.1) is 0 Å². The third-order valence-electron chi connectivity index (χ3n) is 10.6. The van der Waals surface area contributed by atoms with E-state index in [1.54, 1.807) is 0 Å².